The zero-order chi connectivity index (χ0) is 13.8. The second-order valence-corrected chi connectivity index (χ2v) is 5.14. The molecule has 1 atom stereocenters. The Kier molecular flexibility index (Phi) is 4.30. The molecule has 0 amide bonds. The van der Waals surface area contributed by atoms with Crippen LogP contribution in [-0.2, 0) is 0 Å². The first-order valence-electron chi connectivity index (χ1n) is 6.95. The van der Waals surface area contributed by atoms with Crippen molar-refractivity contribution < 1.29 is 4.74 Å². The normalized spacial score (nSPS) is 18.8. The average Bonchev–Trinajstić information content (AvgIpc) is 2.72. The Morgan fingerprint density at radius 2 is 2.05 bits per heavy atom. The molecule has 0 fully saturated rings. The van der Waals surface area contributed by atoms with E-state index in [4.69, 9.17) is 10.5 Å². The van der Waals surface area contributed by atoms with Gasteiger partial charge in [0.25, 0.3) is 0 Å². The molecule has 0 aromatic heterocycles. The van der Waals surface area contributed by atoms with Crippen LogP contribution >= 0.6 is 0 Å². The number of nitrogens with zero attached hydrogens (tertiary/aromatic N) is 2. The van der Waals surface area contributed by atoms with Gasteiger partial charge in [-0.3, -0.25) is 4.99 Å². The maximum atomic E-state index is 5.94. The molecular weight excluding hydrogens is 238 g/mol. The Morgan fingerprint density at radius 1 is 1.37 bits per heavy atom. The van der Waals surface area contributed by atoms with Crippen LogP contribution in [0.1, 0.15) is 38.8 Å². The van der Waals surface area contributed by atoms with Crippen LogP contribution in [0.15, 0.2) is 29.3 Å². The van der Waals surface area contributed by atoms with Crippen LogP contribution in [0.5, 0.6) is 5.75 Å². The fourth-order valence-electron chi connectivity index (χ4n) is 2.37. The maximum Gasteiger partial charge on any atom is 0.191 e. The fourth-order valence-corrected chi connectivity index (χ4v) is 2.37. The molecule has 1 aromatic carbocycles. The summed E-state index contributed by atoms with van der Waals surface area (Å²) in [6.07, 6.45) is 1.27. The number of ether oxygens (including phenoxy) is 1. The van der Waals surface area contributed by atoms with E-state index in [0.29, 0.717) is 5.96 Å². The molecule has 0 radical (unpaired) electrons. The lowest BCUT2D eigenvalue weighted by atomic mass is 10.1. The predicted molar refractivity (Wildman–Crippen MR) is 78.4 cm³/mol. The molecule has 4 heteroatoms. The molecule has 0 bridgehead atoms. The standard InChI is InChI=1S/C15H23N3O/c1-4-9-18-14(10-17-15(18)16)12-5-7-13(8-6-12)19-11(2)3/h5-8,11,14H,4,9-10H2,1-3H3,(H2,16,17). The summed E-state index contributed by atoms with van der Waals surface area (Å²) in [4.78, 5) is 6.53. The van der Waals surface area contributed by atoms with Gasteiger partial charge in [-0.05, 0) is 38.0 Å². The molecule has 104 valence electrons. The second-order valence-electron chi connectivity index (χ2n) is 5.14. The van der Waals surface area contributed by atoms with Crippen molar-refractivity contribution in [1.29, 1.82) is 0 Å². The first-order valence-corrected chi connectivity index (χ1v) is 6.95. The fraction of sp³-hybridized carbons (Fsp3) is 0.533. The summed E-state index contributed by atoms with van der Waals surface area (Å²) in [5.74, 6) is 1.57. The van der Waals surface area contributed by atoms with Gasteiger partial charge in [0.05, 0.1) is 18.7 Å². The highest BCUT2D eigenvalue weighted by Crippen LogP contribution is 2.27. The summed E-state index contributed by atoms with van der Waals surface area (Å²) in [6, 6.07) is 8.54. The molecule has 0 saturated heterocycles. The van der Waals surface area contributed by atoms with Gasteiger partial charge in [0.15, 0.2) is 5.96 Å². The minimum Gasteiger partial charge on any atom is -0.491 e. The third-order valence-corrected chi connectivity index (χ3v) is 3.20. The molecule has 1 unspecified atom stereocenters. The highest BCUT2D eigenvalue weighted by atomic mass is 16.5. The first-order chi connectivity index (χ1) is 9.11. The highest BCUT2D eigenvalue weighted by Gasteiger charge is 2.26. The molecule has 1 aliphatic heterocycles. The van der Waals surface area contributed by atoms with E-state index in [1.807, 2.05) is 26.0 Å². The molecule has 1 aromatic rings. The molecule has 2 N–H and O–H groups in total. The lowest BCUT2D eigenvalue weighted by Crippen LogP contribution is -2.36. The van der Waals surface area contributed by atoms with Crippen molar-refractivity contribution in [2.24, 2.45) is 10.7 Å². The van der Waals surface area contributed by atoms with Crippen LogP contribution in [0.2, 0.25) is 0 Å². The number of hydrogen-bond acceptors (Lipinski definition) is 4. The monoisotopic (exact) mass is 261 g/mol. The van der Waals surface area contributed by atoms with Crippen molar-refractivity contribution in [3.63, 3.8) is 0 Å². The Bertz CT molecular complexity index is 439. The topological polar surface area (TPSA) is 50.8 Å². The van der Waals surface area contributed by atoms with Crippen LogP contribution in [0.4, 0.5) is 0 Å². The number of nitrogens with two attached hydrogens (primary N) is 1. The summed E-state index contributed by atoms with van der Waals surface area (Å²) >= 11 is 0. The number of benzene rings is 1. The number of rotatable bonds is 5. The quantitative estimate of drug-likeness (QED) is 0.886. The molecule has 0 aliphatic carbocycles. The maximum absolute atomic E-state index is 5.94. The van der Waals surface area contributed by atoms with E-state index in [0.717, 1.165) is 25.3 Å². The molecule has 2 rings (SSSR count). The van der Waals surface area contributed by atoms with Gasteiger partial charge < -0.3 is 15.4 Å². The van der Waals surface area contributed by atoms with Gasteiger partial charge >= 0.3 is 0 Å². The molecule has 1 aliphatic rings. The van der Waals surface area contributed by atoms with Crippen LogP contribution in [-0.4, -0.2) is 30.1 Å². The Balaban J connectivity index is 2.09. The van der Waals surface area contributed by atoms with Gasteiger partial charge in [-0.25, -0.2) is 0 Å². The minimum absolute atomic E-state index is 0.202. The average molecular weight is 261 g/mol. The zero-order valence-electron chi connectivity index (χ0n) is 12.0. The predicted octanol–water partition coefficient (Wildman–Crippen LogP) is 2.56. The molecule has 19 heavy (non-hydrogen) atoms. The summed E-state index contributed by atoms with van der Waals surface area (Å²) in [5, 5.41) is 0. The van der Waals surface area contributed by atoms with Crippen molar-refractivity contribution in [1.82, 2.24) is 4.90 Å². The summed E-state index contributed by atoms with van der Waals surface area (Å²) < 4.78 is 5.66. The number of aliphatic imine (C=N–C) groups is 1. The van der Waals surface area contributed by atoms with Crippen molar-refractivity contribution in [2.75, 3.05) is 13.1 Å². The van der Waals surface area contributed by atoms with Crippen molar-refractivity contribution in [2.45, 2.75) is 39.3 Å². The number of guanidine groups is 1. The van der Waals surface area contributed by atoms with E-state index in [1.54, 1.807) is 0 Å². The van der Waals surface area contributed by atoms with Gasteiger partial charge in [0, 0.05) is 6.54 Å². The van der Waals surface area contributed by atoms with E-state index < -0.39 is 0 Å². The van der Waals surface area contributed by atoms with E-state index in [2.05, 4.69) is 28.9 Å². The highest BCUT2D eigenvalue weighted by molar-refractivity contribution is 5.80. The largest absolute Gasteiger partial charge is 0.491 e. The third kappa shape index (κ3) is 3.19. The van der Waals surface area contributed by atoms with Crippen LogP contribution in [0, 0.1) is 0 Å². The molecule has 4 nitrogen and oxygen atoms in total. The van der Waals surface area contributed by atoms with Crippen LogP contribution in [0.25, 0.3) is 0 Å². The van der Waals surface area contributed by atoms with E-state index in [1.165, 1.54) is 5.56 Å². The lowest BCUT2D eigenvalue weighted by Gasteiger charge is -2.26. The number of hydrogen-bond donors (Lipinski definition) is 1. The Hall–Kier alpha value is -1.71. The van der Waals surface area contributed by atoms with Crippen LogP contribution < -0.4 is 10.5 Å². The molecule has 0 spiro atoms. The van der Waals surface area contributed by atoms with Crippen LogP contribution in [0.3, 0.4) is 0 Å². The van der Waals surface area contributed by atoms with E-state index in [-0.39, 0.29) is 12.1 Å². The zero-order valence-corrected chi connectivity index (χ0v) is 12.0. The van der Waals surface area contributed by atoms with Crippen molar-refractivity contribution in [3.8, 4) is 5.75 Å². The van der Waals surface area contributed by atoms with E-state index >= 15 is 0 Å². The van der Waals surface area contributed by atoms with Gasteiger partial charge in [0.2, 0.25) is 0 Å². The smallest absolute Gasteiger partial charge is 0.191 e. The van der Waals surface area contributed by atoms with Gasteiger partial charge in [-0.15, -0.1) is 0 Å². The van der Waals surface area contributed by atoms with Gasteiger partial charge in [0.1, 0.15) is 5.75 Å². The van der Waals surface area contributed by atoms with Crippen molar-refractivity contribution >= 4 is 5.96 Å². The SMILES string of the molecule is CCCN1C(N)=NCC1c1ccc(OC(C)C)cc1. The van der Waals surface area contributed by atoms with E-state index in [9.17, 15) is 0 Å². The minimum atomic E-state index is 0.202. The molecular formula is C15H23N3O. The summed E-state index contributed by atoms with van der Waals surface area (Å²) in [5.41, 5.74) is 7.18. The first kappa shape index (κ1) is 13.7. The van der Waals surface area contributed by atoms with Crippen molar-refractivity contribution in [3.05, 3.63) is 29.8 Å². The molecule has 1 heterocycles. The Labute approximate surface area is 115 Å². The second kappa shape index (κ2) is 5.95. The van der Waals surface area contributed by atoms with Gasteiger partial charge in [-0.1, -0.05) is 19.1 Å². The third-order valence-electron chi connectivity index (χ3n) is 3.20. The lowest BCUT2D eigenvalue weighted by molar-refractivity contribution is 0.242. The van der Waals surface area contributed by atoms with Gasteiger partial charge in [-0.2, -0.15) is 0 Å². The Morgan fingerprint density at radius 3 is 2.63 bits per heavy atom. The molecule has 0 saturated carbocycles. The summed E-state index contributed by atoms with van der Waals surface area (Å²) in [6.45, 7) is 7.91. The summed E-state index contributed by atoms with van der Waals surface area (Å²) in [7, 11) is 0.